The summed E-state index contributed by atoms with van der Waals surface area (Å²) in [5, 5.41) is 36.3. The number of carbonyl (C=O) groups excluding carboxylic acids is 5. The predicted octanol–water partition coefficient (Wildman–Crippen LogP) is 6.43. The summed E-state index contributed by atoms with van der Waals surface area (Å²) >= 11 is 0. The van der Waals surface area contributed by atoms with Gasteiger partial charge in [-0.05, 0) is 106 Å². The Morgan fingerprint density at radius 2 is 1.73 bits per heavy atom. The molecule has 3 heterocycles. The lowest BCUT2D eigenvalue weighted by Gasteiger charge is -2.42. The van der Waals surface area contributed by atoms with Gasteiger partial charge in [0.25, 0.3) is 11.7 Å². The van der Waals surface area contributed by atoms with Crippen LogP contribution in [0.5, 0.6) is 0 Å². The number of hydrogen-bond donors (Lipinski definition) is 3. The van der Waals surface area contributed by atoms with Crippen LogP contribution in [0.4, 0.5) is 0 Å². The normalized spacial score (nSPS) is 80.2. The van der Waals surface area contributed by atoms with Gasteiger partial charge < -0.3 is 43.9 Å². The van der Waals surface area contributed by atoms with Crippen molar-refractivity contribution < 1.29 is 133 Å². The zero-order valence-corrected chi connectivity index (χ0v) is 36.4. The van der Waals surface area contributed by atoms with Crippen LogP contribution in [0.2, 0.25) is 0 Å². The van der Waals surface area contributed by atoms with Crippen molar-refractivity contribution in [2.75, 3.05) is 27.8 Å². The van der Waals surface area contributed by atoms with Gasteiger partial charge in [-0.2, -0.15) is 0 Å². The van der Waals surface area contributed by atoms with Gasteiger partial charge in [-0.15, -0.1) is 0 Å². The van der Waals surface area contributed by atoms with Crippen molar-refractivity contribution in [1.29, 1.82) is 0 Å². The molecule has 3 fully saturated rings. The third-order valence-corrected chi connectivity index (χ3v) is 8.97. The molecule has 3 aliphatic heterocycles. The molecule has 1 saturated carbocycles. The first-order valence-electron chi connectivity index (χ1n) is 44.1. The minimum atomic E-state index is -6.15. The van der Waals surface area contributed by atoms with E-state index >= 15 is 24.0 Å². The summed E-state index contributed by atoms with van der Waals surface area (Å²) in [6.07, 6.45) is -96.4. The van der Waals surface area contributed by atoms with Crippen molar-refractivity contribution in [3.05, 3.63) is 47.5 Å². The van der Waals surface area contributed by atoms with E-state index < -0.39 is 275 Å². The molecule has 0 aromatic heterocycles. The number of methoxy groups -OCH3 is 3. The summed E-state index contributed by atoms with van der Waals surface area (Å²) in [6, 6.07) is -19.8. The number of esters is 1. The van der Waals surface area contributed by atoms with Crippen LogP contribution in [0.1, 0.15) is 195 Å². The third kappa shape index (κ3) is 13.9. The van der Waals surface area contributed by atoms with Crippen LogP contribution >= 0.6 is 0 Å². The van der Waals surface area contributed by atoms with Crippen molar-refractivity contribution in [3.63, 3.8) is 0 Å². The monoisotopic (exact) mass is 979 g/mol. The highest BCUT2D eigenvalue weighted by Crippen LogP contribution is 2.38. The van der Waals surface area contributed by atoms with Gasteiger partial charge in [-0.1, -0.05) is 77.9 Å². The molecule has 2 bridgehead atoms. The van der Waals surface area contributed by atoms with Crippen LogP contribution < -0.4 is 0 Å². The van der Waals surface area contributed by atoms with E-state index in [2.05, 4.69) is 9.47 Å². The fourth-order valence-corrected chi connectivity index (χ4v) is 5.09. The van der Waals surface area contributed by atoms with E-state index in [0.29, 0.717) is 13.8 Å². The lowest BCUT2D eigenvalue weighted by atomic mass is 9.78. The van der Waals surface area contributed by atoms with Crippen LogP contribution in [0.25, 0.3) is 0 Å². The second kappa shape index (κ2) is 25.3. The van der Waals surface area contributed by atoms with Crippen LogP contribution in [0.3, 0.4) is 0 Å². The lowest BCUT2D eigenvalue weighted by Crippen LogP contribution is -2.61. The first-order chi connectivity index (χ1) is 50.4. The van der Waals surface area contributed by atoms with Gasteiger partial charge >= 0.3 is 5.97 Å². The van der Waals surface area contributed by atoms with E-state index in [4.69, 9.17) is 59.4 Å². The molecule has 372 valence electrons. The number of allylic oxidation sites excluding steroid dienone is 6. The molecule has 4 rings (SSSR count). The number of cyclic esters (lactones) is 1. The Kier molecular flexibility index (Phi) is 6.70. The number of ether oxygens (including phenoxy) is 5. The summed E-state index contributed by atoms with van der Waals surface area (Å²) < 4.78 is 484. The molecule has 0 aromatic rings. The number of piperidine rings is 1. The van der Waals surface area contributed by atoms with Crippen LogP contribution in [0.15, 0.2) is 47.5 Å². The molecule has 0 aromatic carbocycles. The van der Waals surface area contributed by atoms with Crippen LogP contribution in [-0.2, 0) is 47.7 Å². The predicted molar refractivity (Wildman–Crippen MR) is 250 cm³/mol. The largest absolute Gasteiger partial charge is 0.460 e. The Bertz CT molecular complexity index is 4230. The summed E-state index contributed by atoms with van der Waals surface area (Å²) in [4.78, 5) is 76.0. The number of ketones is 3. The molecule has 66 heavy (non-hydrogen) atoms. The average molecular weight is 980 g/mol. The molecule has 4 aliphatic rings. The van der Waals surface area contributed by atoms with Crippen molar-refractivity contribution in [2.24, 2.45) is 41.3 Å². The fourth-order valence-electron chi connectivity index (χ4n) is 5.09. The van der Waals surface area contributed by atoms with Gasteiger partial charge in [0.2, 0.25) is 5.79 Å². The van der Waals surface area contributed by atoms with Crippen molar-refractivity contribution in [1.82, 2.24) is 4.90 Å². The maximum absolute atomic E-state index is 16.0. The smallest absolute Gasteiger partial charge is 0.329 e. The number of carbonyl (C=O) groups is 5. The molecular weight excluding hydrogens is 847 g/mol. The fraction of sp³-hybridized carbons (Fsp3) is 0.750. The molecule has 14 heteroatoms. The number of Topliss-reactive ketones (excluding diaryl/α,β-unsaturated/α-hetero) is 3. The third-order valence-electron chi connectivity index (χ3n) is 8.97. The standard InChI is InChI=1S/C52H81NO13/c1-30-17-13-12-14-18-31(2)43(62-9)28-39-22-20-35(6)52(61,66-39)49(58)50(59)53-24-16-15-19-40(53)51(60)65-44(33(4)26-38-21-23-41(54)45(27-38)63-10)29-42(55)32(3)25-34(5)46(56)48(64-11)47(57)37(8)36(30)7/h12-14,17-18,25,30,32-33,35-41,43-46,48,54,56,61H,15-16,19-24,26-29H2,1-11H3/b14-12-,17-13+,31-18+,34-25+/t30-,32-,33-,35-,36?,37-,38+,39+,40+,41-,43+,44+,45-,46-,48-,52-/m1/s1/i2D3,9D3,12D,13D,14D,15D2,16D2,17D,18D,19D2,20D2,21D2,22D2,23D2,24D2,25D,26D2,27D2,28D2,29D2,30D,32D,33D,35D,36D,37D,38D,39D,40D,41D,43D,44D,45D,46D,48D. The molecule has 0 spiro atoms. The maximum Gasteiger partial charge on any atom is 0.329 e. The first kappa shape index (κ1) is 17.5. The number of nitrogens with zero attached hydrogens (tertiary/aromatic N) is 1. The van der Waals surface area contributed by atoms with Crippen LogP contribution in [-0.4, -0.2) is 132 Å². The second-order valence-corrected chi connectivity index (χ2v) is 13.3. The molecule has 0 radical (unpaired) electrons. The molecule has 16 atom stereocenters. The van der Waals surface area contributed by atoms with E-state index in [1.807, 2.05) is 0 Å². The van der Waals surface area contributed by atoms with Gasteiger partial charge in [-0.3, -0.25) is 19.2 Å². The zero-order valence-electron chi connectivity index (χ0n) is 87.4. The van der Waals surface area contributed by atoms with Gasteiger partial charge in [-0.25, -0.2) is 4.79 Å². The zero-order chi connectivity index (χ0) is 94.6. The highest BCUT2D eigenvalue weighted by atomic mass is 16.6. The number of aliphatic hydroxyl groups is 3. The van der Waals surface area contributed by atoms with E-state index in [-0.39, 0.29) is 41.9 Å². The highest BCUT2D eigenvalue weighted by Gasteiger charge is 2.53. The summed E-state index contributed by atoms with van der Waals surface area (Å²) in [5.41, 5.74) is -4.87. The highest BCUT2D eigenvalue weighted by molar-refractivity contribution is 6.39. The topological polar surface area (TPSA) is 195 Å². The van der Waals surface area contributed by atoms with Crippen molar-refractivity contribution >= 4 is 29.2 Å². The van der Waals surface area contributed by atoms with Gasteiger partial charge in [0.05, 0.1) is 47.6 Å². The molecule has 2 saturated heterocycles. The minimum Gasteiger partial charge on any atom is -0.460 e. The molecule has 3 N–H and O–H groups in total. The molecular formula is C52H81NO13. The first-order valence-corrected chi connectivity index (χ1v) is 18.6. The second-order valence-electron chi connectivity index (χ2n) is 13.3. The molecule has 1 unspecified atom stereocenters. The Morgan fingerprint density at radius 3 is 2.41 bits per heavy atom. The number of amides is 1. The number of rotatable bonds is 6. The van der Waals surface area contributed by atoms with E-state index in [1.54, 1.807) is 0 Å². The van der Waals surface area contributed by atoms with E-state index in [9.17, 15) is 40.0 Å². The van der Waals surface area contributed by atoms with Gasteiger partial charge in [0, 0.05) is 105 Å². The summed E-state index contributed by atoms with van der Waals surface area (Å²) in [7, 11) is -4.50. The number of fused-ring (bicyclic) bond motifs is 3. The SMILES string of the molecule is [2H]C1=C([2H])/C([2H])=C(\C([2H])([2H])[2H])[C@@]([2H])(OC([2H])([2H])[2H])C([2H])([2H])[C@@]2([2H])O[C@@](O)(C(=O)C(=O)N3C([2H])([2H])C([2H])([2H])C([2H])([2H])C([2H])([2H])[C@@]3([2H])C(=O)O[C@]([2H])([C@]([2H])(C)C([2H])([2H])[C@]3([2H])C([2H])([2H])C([2H])([2H])[C@@]([2H])(O)[C@]([2H])(OC)C3([2H])[2H])C([2H])([2H])C(=O)[C@]([2H])(C)/C([2H])=C(\C)[C@@]([2H])(O)[C@@]([2H])(OC)C(=O)[C@]([2H])(C)C([2H])(C)[C@]([2H])(C)\C([2H])=C\1[2H])[C@]([2H])(C)C([2H])([2H])C2([2H])[2H]. The van der Waals surface area contributed by atoms with Crippen molar-refractivity contribution in [2.45, 2.75) is 180 Å². The Labute approximate surface area is 465 Å². The Morgan fingerprint density at radius 1 is 0.985 bits per heavy atom. The molecule has 1 amide bonds. The van der Waals surface area contributed by atoms with Gasteiger partial charge in [0.15, 0.2) is 5.78 Å². The van der Waals surface area contributed by atoms with E-state index in [0.717, 1.165) is 0 Å². The quantitative estimate of drug-likeness (QED) is 0.150. The van der Waals surface area contributed by atoms with Crippen LogP contribution in [0, 0.1) is 41.3 Å². The number of hydrogen-bond acceptors (Lipinski definition) is 13. The maximum atomic E-state index is 16.0. The average Bonchev–Trinajstić information content (AvgIpc) is 0.647. The summed E-state index contributed by atoms with van der Waals surface area (Å²) in [6.45, 7) is -10.6. The Hall–Kier alpha value is -3.37. The minimum absolute atomic E-state index is 0.0856. The van der Waals surface area contributed by atoms with E-state index in [1.165, 1.54) is 0 Å². The summed E-state index contributed by atoms with van der Waals surface area (Å²) in [5.74, 6) is -55.6. The van der Waals surface area contributed by atoms with Gasteiger partial charge in [0.1, 0.15) is 30.0 Å². The van der Waals surface area contributed by atoms with Crippen molar-refractivity contribution in [3.8, 4) is 0 Å². The lowest BCUT2D eigenvalue weighted by molar-refractivity contribution is -0.265. The molecule has 1 aliphatic carbocycles. The Balaban J connectivity index is 2.68. The molecule has 14 nitrogen and oxygen atoms in total.